The van der Waals surface area contributed by atoms with E-state index in [1.165, 1.54) is 11.1 Å². The highest BCUT2D eigenvalue weighted by Gasteiger charge is 2.19. The van der Waals surface area contributed by atoms with Crippen LogP contribution in [0, 0.1) is 0 Å². The Labute approximate surface area is 83.8 Å². The number of fused-ring (bicyclic) bond motifs is 1. The van der Waals surface area contributed by atoms with Gasteiger partial charge in [0.05, 0.1) is 18.0 Å². The molecule has 0 aliphatic carbocycles. The van der Waals surface area contributed by atoms with Crippen molar-refractivity contribution in [3.05, 3.63) is 24.3 Å². The number of pyridine rings is 1. The van der Waals surface area contributed by atoms with E-state index < -0.39 is 0 Å². The third-order valence-electron chi connectivity index (χ3n) is 2.43. The maximum atomic E-state index is 4.29. The first-order chi connectivity index (χ1) is 6.50. The van der Waals surface area contributed by atoms with Crippen LogP contribution in [0.5, 0.6) is 0 Å². The lowest BCUT2D eigenvalue weighted by molar-refractivity contribution is 0.590. The van der Waals surface area contributed by atoms with Gasteiger partial charge in [0.1, 0.15) is 5.52 Å². The van der Waals surface area contributed by atoms with Gasteiger partial charge in [-0.15, -0.1) is 0 Å². The summed E-state index contributed by atoms with van der Waals surface area (Å²) in [4.78, 5) is 8.51. The van der Waals surface area contributed by atoms with Crippen LogP contribution in [0.4, 0.5) is 0 Å². The van der Waals surface area contributed by atoms with Crippen LogP contribution in [0.15, 0.2) is 18.7 Å². The molecule has 0 amide bonds. The van der Waals surface area contributed by atoms with Gasteiger partial charge >= 0.3 is 0 Å². The summed E-state index contributed by atoms with van der Waals surface area (Å²) in [5.74, 6) is 0. The molecular formula is C11H15N3. The molecule has 2 aromatic rings. The fourth-order valence-electron chi connectivity index (χ4n) is 1.66. The van der Waals surface area contributed by atoms with Crippen LogP contribution in [0.2, 0.25) is 0 Å². The Morgan fingerprint density at radius 1 is 1.21 bits per heavy atom. The van der Waals surface area contributed by atoms with Crippen molar-refractivity contribution < 1.29 is 0 Å². The van der Waals surface area contributed by atoms with Crippen LogP contribution in [0.1, 0.15) is 26.3 Å². The minimum atomic E-state index is 0.111. The minimum absolute atomic E-state index is 0.111. The highest BCUT2D eigenvalue weighted by atomic mass is 15.0. The molecule has 0 N–H and O–H groups in total. The SMILES string of the molecule is Cn1cnc2cncc(C(C)(C)C)c21. The summed E-state index contributed by atoms with van der Waals surface area (Å²) in [5.41, 5.74) is 3.52. The van der Waals surface area contributed by atoms with Gasteiger partial charge in [-0.05, 0) is 5.41 Å². The number of aryl methyl sites for hydroxylation is 1. The lowest BCUT2D eigenvalue weighted by atomic mass is 9.87. The van der Waals surface area contributed by atoms with Crippen molar-refractivity contribution in [2.24, 2.45) is 7.05 Å². The largest absolute Gasteiger partial charge is 0.333 e. The number of hydrogen-bond donors (Lipinski definition) is 0. The summed E-state index contributed by atoms with van der Waals surface area (Å²) in [6.07, 6.45) is 5.58. The molecule has 2 heterocycles. The third-order valence-corrected chi connectivity index (χ3v) is 2.43. The molecule has 0 atom stereocenters. The second-order valence-corrected chi connectivity index (χ2v) is 4.66. The first-order valence-electron chi connectivity index (χ1n) is 4.75. The second-order valence-electron chi connectivity index (χ2n) is 4.66. The first-order valence-corrected chi connectivity index (χ1v) is 4.75. The number of imidazole rings is 1. The molecule has 0 spiro atoms. The van der Waals surface area contributed by atoms with Gasteiger partial charge in [0.2, 0.25) is 0 Å². The van der Waals surface area contributed by atoms with Gasteiger partial charge in [0.15, 0.2) is 0 Å². The average Bonchev–Trinajstić information content (AvgIpc) is 2.46. The van der Waals surface area contributed by atoms with Gasteiger partial charge < -0.3 is 4.57 Å². The van der Waals surface area contributed by atoms with Crippen molar-refractivity contribution in [3.63, 3.8) is 0 Å². The number of nitrogens with zero attached hydrogens (tertiary/aromatic N) is 3. The summed E-state index contributed by atoms with van der Waals surface area (Å²) >= 11 is 0. The molecular weight excluding hydrogens is 174 g/mol. The summed E-state index contributed by atoms with van der Waals surface area (Å²) in [5, 5.41) is 0. The average molecular weight is 189 g/mol. The lowest BCUT2D eigenvalue weighted by Crippen LogP contribution is -2.13. The standard InChI is InChI=1S/C11H15N3/c1-11(2,3)8-5-12-6-9-10(8)14(4)7-13-9/h5-7H,1-4H3. The van der Waals surface area contributed by atoms with E-state index in [0.29, 0.717) is 0 Å². The van der Waals surface area contributed by atoms with E-state index in [0.717, 1.165) is 5.52 Å². The molecule has 0 saturated heterocycles. The molecule has 74 valence electrons. The molecule has 0 aromatic carbocycles. The third kappa shape index (κ3) is 1.29. The van der Waals surface area contributed by atoms with Crippen LogP contribution >= 0.6 is 0 Å². The molecule has 0 aliphatic rings. The fraction of sp³-hybridized carbons (Fsp3) is 0.455. The molecule has 0 radical (unpaired) electrons. The van der Waals surface area contributed by atoms with E-state index in [1.54, 1.807) is 0 Å². The Hall–Kier alpha value is -1.38. The lowest BCUT2D eigenvalue weighted by Gasteiger charge is -2.19. The van der Waals surface area contributed by atoms with Gasteiger partial charge in [0, 0.05) is 18.8 Å². The maximum Gasteiger partial charge on any atom is 0.107 e. The van der Waals surface area contributed by atoms with E-state index >= 15 is 0 Å². The van der Waals surface area contributed by atoms with Crippen molar-refractivity contribution in [1.29, 1.82) is 0 Å². The van der Waals surface area contributed by atoms with Gasteiger partial charge in [0.25, 0.3) is 0 Å². The van der Waals surface area contributed by atoms with Crippen molar-refractivity contribution >= 4 is 11.0 Å². The van der Waals surface area contributed by atoms with Crippen LogP contribution in [0.25, 0.3) is 11.0 Å². The number of rotatable bonds is 0. The van der Waals surface area contributed by atoms with Crippen molar-refractivity contribution in [2.45, 2.75) is 26.2 Å². The molecule has 2 rings (SSSR count). The predicted molar refractivity (Wildman–Crippen MR) is 57.2 cm³/mol. The van der Waals surface area contributed by atoms with Crippen molar-refractivity contribution in [1.82, 2.24) is 14.5 Å². The molecule has 3 heteroatoms. The summed E-state index contributed by atoms with van der Waals surface area (Å²) in [6, 6.07) is 0. The Balaban J connectivity index is 2.82. The Morgan fingerprint density at radius 2 is 1.93 bits per heavy atom. The smallest absolute Gasteiger partial charge is 0.107 e. The predicted octanol–water partition coefficient (Wildman–Crippen LogP) is 2.27. The summed E-state index contributed by atoms with van der Waals surface area (Å²) < 4.78 is 2.05. The van der Waals surface area contributed by atoms with Gasteiger partial charge in [-0.3, -0.25) is 4.98 Å². The molecule has 0 unspecified atom stereocenters. The highest BCUT2D eigenvalue weighted by Crippen LogP contribution is 2.27. The quantitative estimate of drug-likeness (QED) is 0.636. The summed E-state index contributed by atoms with van der Waals surface area (Å²) in [7, 11) is 2.02. The molecule has 3 nitrogen and oxygen atoms in total. The second kappa shape index (κ2) is 2.80. The molecule has 2 aromatic heterocycles. The molecule has 0 bridgehead atoms. The van der Waals surface area contributed by atoms with Gasteiger partial charge in [-0.25, -0.2) is 4.98 Å². The zero-order valence-corrected chi connectivity index (χ0v) is 9.07. The monoisotopic (exact) mass is 189 g/mol. The number of aromatic nitrogens is 3. The zero-order chi connectivity index (χ0) is 10.3. The Bertz CT molecular complexity index is 463. The number of hydrogen-bond acceptors (Lipinski definition) is 2. The molecule has 0 aliphatic heterocycles. The zero-order valence-electron chi connectivity index (χ0n) is 9.07. The van der Waals surface area contributed by atoms with Crippen LogP contribution in [-0.2, 0) is 12.5 Å². The van der Waals surface area contributed by atoms with E-state index in [2.05, 4.69) is 35.3 Å². The first kappa shape index (κ1) is 9.19. The summed E-state index contributed by atoms with van der Waals surface area (Å²) in [6.45, 7) is 6.57. The van der Waals surface area contributed by atoms with Gasteiger partial charge in [-0.2, -0.15) is 0 Å². The Morgan fingerprint density at radius 3 is 2.57 bits per heavy atom. The maximum absolute atomic E-state index is 4.29. The molecule has 0 saturated carbocycles. The molecule has 0 fully saturated rings. The van der Waals surface area contributed by atoms with Crippen molar-refractivity contribution in [3.8, 4) is 0 Å². The van der Waals surface area contributed by atoms with Crippen molar-refractivity contribution in [2.75, 3.05) is 0 Å². The van der Waals surface area contributed by atoms with Crippen LogP contribution in [-0.4, -0.2) is 14.5 Å². The fourth-order valence-corrected chi connectivity index (χ4v) is 1.66. The molecule has 14 heavy (non-hydrogen) atoms. The van der Waals surface area contributed by atoms with E-state index in [1.807, 2.05) is 25.8 Å². The van der Waals surface area contributed by atoms with Gasteiger partial charge in [-0.1, -0.05) is 20.8 Å². The van der Waals surface area contributed by atoms with Crippen LogP contribution in [0.3, 0.4) is 0 Å². The highest BCUT2D eigenvalue weighted by molar-refractivity contribution is 5.78. The van der Waals surface area contributed by atoms with E-state index in [-0.39, 0.29) is 5.41 Å². The van der Waals surface area contributed by atoms with Crippen LogP contribution < -0.4 is 0 Å². The van der Waals surface area contributed by atoms with E-state index in [9.17, 15) is 0 Å². The normalized spacial score (nSPS) is 12.3. The van der Waals surface area contributed by atoms with E-state index in [4.69, 9.17) is 0 Å². The topological polar surface area (TPSA) is 30.7 Å². The Kier molecular flexibility index (Phi) is 1.84. The minimum Gasteiger partial charge on any atom is -0.333 e.